The van der Waals surface area contributed by atoms with Crippen molar-refractivity contribution in [1.29, 1.82) is 0 Å². The van der Waals surface area contributed by atoms with Crippen molar-refractivity contribution in [3.05, 3.63) is 45.0 Å². The van der Waals surface area contributed by atoms with Gasteiger partial charge in [-0.1, -0.05) is 0 Å². The molecule has 94 valence electrons. The molecule has 0 unspecified atom stereocenters. The van der Waals surface area contributed by atoms with Crippen molar-refractivity contribution in [2.75, 3.05) is 0 Å². The van der Waals surface area contributed by atoms with Gasteiger partial charge < -0.3 is 10.1 Å². The van der Waals surface area contributed by atoms with Crippen LogP contribution in [0.3, 0.4) is 0 Å². The van der Waals surface area contributed by atoms with E-state index in [4.69, 9.17) is 5.11 Å². The second kappa shape index (κ2) is 3.86. The third kappa shape index (κ3) is 1.55. The highest BCUT2D eigenvalue weighted by molar-refractivity contribution is 5.91. The first-order valence-corrected chi connectivity index (χ1v) is 4.78. The van der Waals surface area contributed by atoms with Gasteiger partial charge in [-0.3, -0.25) is 4.79 Å². The Morgan fingerprint density at radius 1 is 1.28 bits per heavy atom. The number of fused-ring (bicyclic) bond motifs is 1. The Morgan fingerprint density at radius 2 is 1.89 bits per heavy atom. The van der Waals surface area contributed by atoms with Gasteiger partial charge in [0, 0.05) is 5.56 Å². The van der Waals surface area contributed by atoms with Crippen LogP contribution in [0.5, 0.6) is 0 Å². The standard InChI is InChI=1S/C11H6F3NO3/c1-3-8(11(17)18)15-9-4(10(3)16)2-5(12)6(13)7(9)14/h2H,1H3,(H,15,16)(H,17,18). The lowest BCUT2D eigenvalue weighted by Gasteiger charge is -2.06. The maximum atomic E-state index is 13.4. The third-order valence-electron chi connectivity index (χ3n) is 2.59. The number of aromatic amines is 1. The highest BCUT2D eigenvalue weighted by atomic mass is 19.2. The van der Waals surface area contributed by atoms with Gasteiger partial charge >= 0.3 is 5.97 Å². The van der Waals surface area contributed by atoms with Crippen molar-refractivity contribution in [1.82, 2.24) is 4.98 Å². The van der Waals surface area contributed by atoms with Gasteiger partial charge in [0.2, 0.25) is 0 Å². The normalized spacial score (nSPS) is 10.9. The van der Waals surface area contributed by atoms with Crippen molar-refractivity contribution in [2.24, 2.45) is 0 Å². The fourth-order valence-electron chi connectivity index (χ4n) is 1.64. The zero-order valence-corrected chi connectivity index (χ0v) is 8.97. The molecule has 0 saturated heterocycles. The van der Waals surface area contributed by atoms with Gasteiger partial charge in [0.05, 0.1) is 10.9 Å². The Bertz CT molecular complexity index is 737. The predicted molar refractivity (Wildman–Crippen MR) is 56.1 cm³/mol. The number of nitrogens with one attached hydrogen (secondary N) is 1. The van der Waals surface area contributed by atoms with E-state index in [-0.39, 0.29) is 5.56 Å². The molecule has 2 rings (SSSR count). The molecule has 0 saturated carbocycles. The molecule has 0 amide bonds. The van der Waals surface area contributed by atoms with Crippen molar-refractivity contribution in [3.8, 4) is 0 Å². The van der Waals surface area contributed by atoms with E-state index in [1.807, 2.05) is 0 Å². The van der Waals surface area contributed by atoms with Crippen molar-refractivity contribution in [2.45, 2.75) is 6.92 Å². The van der Waals surface area contributed by atoms with Crippen LogP contribution in [0, 0.1) is 24.4 Å². The number of hydrogen-bond donors (Lipinski definition) is 2. The highest BCUT2D eigenvalue weighted by Gasteiger charge is 2.20. The summed E-state index contributed by atoms with van der Waals surface area (Å²) in [6.07, 6.45) is 0. The molecule has 1 aromatic carbocycles. The van der Waals surface area contributed by atoms with Gasteiger partial charge in [-0.25, -0.2) is 18.0 Å². The molecular weight excluding hydrogens is 251 g/mol. The van der Waals surface area contributed by atoms with E-state index in [2.05, 4.69) is 4.98 Å². The maximum Gasteiger partial charge on any atom is 0.352 e. The number of halogens is 3. The molecule has 0 aliphatic carbocycles. The molecule has 0 spiro atoms. The van der Waals surface area contributed by atoms with E-state index < -0.39 is 45.4 Å². The molecule has 0 aliphatic heterocycles. The predicted octanol–water partition coefficient (Wildman–Crippen LogP) is 1.95. The Labute approximate surface area is 97.7 Å². The van der Waals surface area contributed by atoms with Crippen LogP contribution in [0.4, 0.5) is 13.2 Å². The van der Waals surface area contributed by atoms with E-state index in [1.54, 1.807) is 0 Å². The summed E-state index contributed by atoms with van der Waals surface area (Å²) >= 11 is 0. The van der Waals surface area contributed by atoms with Crippen LogP contribution in [-0.2, 0) is 0 Å². The molecule has 2 N–H and O–H groups in total. The summed E-state index contributed by atoms with van der Waals surface area (Å²) in [5, 5.41) is 8.37. The zero-order valence-electron chi connectivity index (χ0n) is 8.97. The Kier molecular flexibility index (Phi) is 2.61. The second-order valence-corrected chi connectivity index (χ2v) is 3.67. The summed E-state index contributed by atoms with van der Waals surface area (Å²) in [7, 11) is 0. The van der Waals surface area contributed by atoms with Gasteiger partial charge in [-0.2, -0.15) is 0 Å². The molecule has 7 heteroatoms. The Hall–Kier alpha value is -2.31. The fourth-order valence-corrected chi connectivity index (χ4v) is 1.64. The summed E-state index contributed by atoms with van der Waals surface area (Å²) < 4.78 is 39.4. The molecule has 1 aromatic heterocycles. The molecule has 1 heterocycles. The third-order valence-corrected chi connectivity index (χ3v) is 2.59. The minimum Gasteiger partial charge on any atom is -0.477 e. The summed E-state index contributed by atoms with van der Waals surface area (Å²) in [6.45, 7) is 1.20. The number of pyridine rings is 1. The molecule has 0 radical (unpaired) electrons. The molecule has 0 atom stereocenters. The number of rotatable bonds is 1. The largest absolute Gasteiger partial charge is 0.477 e. The molecule has 0 fully saturated rings. The van der Waals surface area contributed by atoms with E-state index >= 15 is 0 Å². The summed E-state index contributed by atoms with van der Waals surface area (Å²) in [5.41, 5.74) is -2.29. The number of benzene rings is 1. The quantitative estimate of drug-likeness (QED) is 0.767. The number of H-pyrrole nitrogens is 1. The number of carboxylic acid groups (broad SMARTS) is 1. The monoisotopic (exact) mass is 257 g/mol. The first-order chi connectivity index (χ1) is 8.34. The van der Waals surface area contributed by atoms with Gasteiger partial charge in [0.15, 0.2) is 22.9 Å². The van der Waals surface area contributed by atoms with E-state index in [9.17, 15) is 22.8 Å². The molecule has 18 heavy (non-hydrogen) atoms. The number of aromatic nitrogens is 1. The summed E-state index contributed by atoms with van der Waals surface area (Å²) in [6, 6.07) is 0.533. The summed E-state index contributed by atoms with van der Waals surface area (Å²) in [4.78, 5) is 24.6. The number of hydrogen-bond acceptors (Lipinski definition) is 2. The van der Waals surface area contributed by atoms with Crippen LogP contribution >= 0.6 is 0 Å². The van der Waals surface area contributed by atoms with Gasteiger partial charge in [-0.05, 0) is 13.0 Å². The Balaban J connectivity index is 3.06. The lowest BCUT2D eigenvalue weighted by Crippen LogP contribution is -2.16. The zero-order chi connectivity index (χ0) is 13.6. The van der Waals surface area contributed by atoms with Crippen LogP contribution in [0.25, 0.3) is 10.9 Å². The minimum absolute atomic E-state index is 0.208. The SMILES string of the molecule is Cc1c(C(=O)O)[nH]c2c(F)c(F)c(F)cc2c1=O. The topological polar surface area (TPSA) is 70.2 Å². The van der Waals surface area contributed by atoms with Crippen LogP contribution in [-0.4, -0.2) is 16.1 Å². The first-order valence-electron chi connectivity index (χ1n) is 4.78. The average Bonchev–Trinajstić information content (AvgIpc) is 2.31. The maximum absolute atomic E-state index is 13.4. The van der Waals surface area contributed by atoms with E-state index in [0.717, 1.165) is 0 Å². The second-order valence-electron chi connectivity index (χ2n) is 3.67. The molecular formula is C11H6F3NO3. The van der Waals surface area contributed by atoms with Gasteiger partial charge in [0.25, 0.3) is 0 Å². The molecule has 0 bridgehead atoms. The van der Waals surface area contributed by atoms with E-state index in [0.29, 0.717) is 6.07 Å². The van der Waals surface area contributed by atoms with Crippen LogP contribution < -0.4 is 5.43 Å². The highest BCUT2D eigenvalue weighted by Crippen LogP contribution is 2.20. The number of carbonyl (C=O) groups is 1. The molecule has 0 aliphatic rings. The lowest BCUT2D eigenvalue weighted by molar-refractivity contribution is 0.0690. The fraction of sp³-hybridized carbons (Fsp3) is 0.0909. The van der Waals surface area contributed by atoms with E-state index in [1.165, 1.54) is 6.92 Å². The number of carboxylic acids is 1. The van der Waals surface area contributed by atoms with Gasteiger partial charge in [0.1, 0.15) is 5.69 Å². The summed E-state index contributed by atoms with van der Waals surface area (Å²) in [5.74, 6) is -6.38. The minimum atomic E-state index is -1.77. The molecule has 2 aromatic rings. The average molecular weight is 257 g/mol. The first kappa shape index (κ1) is 12.2. The van der Waals surface area contributed by atoms with Crippen LogP contribution in [0.2, 0.25) is 0 Å². The smallest absolute Gasteiger partial charge is 0.352 e. The lowest BCUT2D eigenvalue weighted by atomic mass is 10.1. The number of aromatic carboxylic acids is 1. The van der Waals surface area contributed by atoms with Crippen LogP contribution in [0.15, 0.2) is 10.9 Å². The van der Waals surface area contributed by atoms with Crippen molar-refractivity contribution >= 4 is 16.9 Å². The van der Waals surface area contributed by atoms with Crippen molar-refractivity contribution < 1.29 is 23.1 Å². The molecule has 4 nitrogen and oxygen atoms in total. The van der Waals surface area contributed by atoms with Crippen LogP contribution in [0.1, 0.15) is 16.1 Å². The van der Waals surface area contributed by atoms with Gasteiger partial charge in [-0.15, -0.1) is 0 Å². The Morgan fingerprint density at radius 3 is 2.44 bits per heavy atom. The van der Waals surface area contributed by atoms with Crippen molar-refractivity contribution in [3.63, 3.8) is 0 Å².